The topological polar surface area (TPSA) is 24.5 Å². The van der Waals surface area contributed by atoms with Gasteiger partial charge in [0.05, 0.1) is 0 Å². The molecule has 1 N–H and O–H groups in total. The summed E-state index contributed by atoms with van der Waals surface area (Å²) < 4.78 is 40.5. The lowest BCUT2D eigenvalue weighted by atomic mass is 10.00. The minimum atomic E-state index is -4.69. The Morgan fingerprint density at radius 3 is 2.56 bits per heavy atom. The highest BCUT2D eigenvalue weighted by Crippen LogP contribution is 2.29. The Hall–Kier alpha value is -2.28. The smallest absolute Gasteiger partial charge is 0.406 e. The van der Waals surface area contributed by atoms with Gasteiger partial charge in [0.2, 0.25) is 0 Å². The average Bonchev–Trinajstić information content (AvgIpc) is 2.54. The highest BCUT2D eigenvalue weighted by Gasteiger charge is 2.31. The van der Waals surface area contributed by atoms with Crippen molar-refractivity contribution in [1.29, 1.82) is 0 Å². The van der Waals surface area contributed by atoms with Gasteiger partial charge in [-0.15, -0.1) is 13.2 Å². The zero-order valence-corrected chi connectivity index (χ0v) is 14.4. The van der Waals surface area contributed by atoms with Crippen LogP contribution in [0, 0.1) is 6.92 Å². The van der Waals surface area contributed by atoms with Crippen molar-refractivity contribution in [2.24, 2.45) is 0 Å². The van der Waals surface area contributed by atoms with Gasteiger partial charge < -0.3 is 15.0 Å². The zero-order valence-electron chi connectivity index (χ0n) is 13.6. The van der Waals surface area contributed by atoms with E-state index in [2.05, 4.69) is 29.1 Å². The summed E-state index contributed by atoms with van der Waals surface area (Å²) in [5.74, 6) is -0.261. The van der Waals surface area contributed by atoms with Crippen molar-refractivity contribution >= 4 is 28.7 Å². The summed E-state index contributed by atoms with van der Waals surface area (Å²) in [6.07, 6.45) is -2.68. The van der Waals surface area contributed by atoms with E-state index in [0.29, 0.717) is 10.8 Å². The first-order valence-corrected chi connectivity index (χ1v) is 8.26. The van der Waals surface area contributed by atoms with Crippen molar-refractivity contribution in [3.05, 3.63) is 53.6 Å². The second-order valence-electron chi connectivity index (χ2n) is 5.89. The molecule has 2 aromatic rings. The number of rotatable bonds is 2. The van der Waals surface area contributed by atoms with Crippen molar-refractivity contribution < 1.29 is 17.9 Å². The van der Waals surface area contributed by atoms with Gasteiger partial charge in [0.1, 0.15) is 5.75 Å². The summed E-state index contributed by atoms with van der Waals surface area (Å²) in [4.78, 5) is 2.02. The molecule has 132 valence electrons. The summed E-state index contributed by atoms with van der Waals surface area (Å²) in [5, 5.41) is 3.60. The molecule has 1 heterocycles. The number of anilines is 2. The van der Waals surface area contributed by atoms with Crippen LogP contribution in [0.1, 0.15) is 17.5 Å². The number of halogens is 3. The van der Waals surface area contributed by atoms with Crippen LogP contribution in [0.2, 0.25) is 0 Å². The fraction of sp³-hybridized carbons (Fsp3) is 0.278. The predicted octanol–water partition coefficient (Wildman–Crippen LogP) is 5.04. The van der Waals surface area contributed by atoms with Crippen LogP contribution in [0.5, 0.6) is 5.75 Å². The number of alkyl halides is 3. The van der Waals surface area contributed by atoms with E-state index in [4.69, 9.17) is 12.2 Å². The van der Waals surface area contributed by atoms with Crippen LogP contribution in [0.25, 0.3) is 0 Å². The molecule has 25 heavy (non-hydrogen) atoms. The predicted molar refractivity (Wildman–Crippen MR) is 96.2 cm³/mol. The van der Waals surface area contributed by atoms with Gasteiger partial charge in [-0.25, -0.2) is 0 Å². The molecule has 0 amide bonds. The number of ether oxygens (including phenoxy) is 1. The molecule has 0 saturated carbocycles. The number of thiocarbonyl (C=S) groups is 1. The van der Waals surface area contributed by atoms with Gasteiger partial charge in [-0.1, -0.05) is 17.7 Å². The highest BCUT2D eigenvalue weighted by molar-refractivity contribution is 7.80. The molecule has 0 fully saturated rings. The van der Waals surface area contributed by atoms with Crippen LogP contribution < -0.4 is 15.0 Å². The summed E-state index contributed by atoms with van der Waals surface area (Å²) in [7, 11) is 0. The number of aryl methyl sites for hydroxylation is 2. The number of nitrogens with zero attached hydrogens (tertiary/aromatic N) is 1. The average molecular weight is 366 g/mol. The van der Waals surface area contributed by atoms with Gasteiger partial charge in [-0.3, -0.25) is 0 Å². The Balaban J connectivity index is 1.71. The van der Waals surface area contributed by atoms with Crippen LogP contribution in [-0.2, 0) is 6.42 Å². The molecule has 0 atom stereocenters. The quantitative estimate of drug-likeness (QED) is 0.753. The number of hydrogen-bond acceptors (Lipinski definition) is 2. The first-order chi connectivity index (χ1) is 11.8. The van der Waals surface area contributed by atoms with Crippen LogP contribution >= 0.6 is 12.2 Å². The number of fused-ring (bicyclic) bond motifs is 1. The van der Waals surface area contributed by atoms with Gasteiger partial charge >= 0.3 is 6.36 Å². The number of benzene rings is 2. The molecular formula is C18H17F3N2OS. The van der Waals surface area contributed by atoms with Crippen molar-refractivity contribution in [2.75, 3.05) is 16.8 Å². The van der Waals surface area contributed by atoms with E-state index in [-0.39, 0.29) is 5.75 Å². The first kappa shape index (κ1) is 17.5. The van der Waals surface area contributed by atoms with Crippen LogP contribution in [0.3, 0.4) is 0 Å². The standard InChI is InChI=1S/C18H17F3N2OS/c1-12-4-9-16-13(11-12)3-2-10-23(16)17(25)22-14-5-7-15(8-6-14)24-18(19,20)21/h4-9,11H,2-3,10H2,1H3,(H,22,25). The lowest BCUT2D eigenvalue weighted by Gasteiger charge is -2.32. The fourth-order valence-electron chi connectivity index (χ4n) is 2.87. The third kappa shape index (κ3) is 4.42. The second-order valence-corrected chi connectivity index (χ2v) is 6.28. The molecule has 0 saturated heterocycles. The molecule has 7 heteroatoms. The summed E-state index contributed by atoms with van der Waals surface area (Å²) in [6, 6.07) is 11.8. The normalized spacial score (nSPS) is 14.0. The van der Waals surface area contributed by atoms with Crippen LogP contribution in [-0.4, -0.2) is 18.0 Å². The molecule has 0 aliphatic carbocycles. The molecular weight excluding hydrogens is 349 g/mol. The Bertz CT molecular complexity index is 775. The van der Waals surface area contributed by atoms with Gasteiger partial charge in [0, 0.05) is 17.9 Å². The lowest BCUT2D eigenvalue weighted by Crippen LogP contribution is -2.38. The van der Waals surface area contributed by atoms with Gasteiger partial charge in [-0.2, -0.15) is 0 Å². The van der Waals surface area contributed by atoms with Crippen molar-refractivity contribution in [3.8, 4) is 5.75 Å². The van der Waals surface area contributed by atoms with Gasteiger partial charge in [0.15, 0.2) is 5.11 Å². The molecule has 0 bridgehead atoms. The highest BCUT2D eigenvalue weighted by atomic mass is 32.1. The van der Waals surface area contributed by atoms with E-state index in [0.717, 1.165) is 25.1 Å². The molecule has 1 aliphatic heterocycles. The number of nitrogens with one attached hydrogen (secondary N) is 1. The first-order valence-electron chi connectivity index (χ1n) is 7.86. The van der Waals surface area contributed by atoms with Crippen LogP contribution in [0.15, 0.2) is 42.5 Å². The van der Waals surface area contributed by atoms with Crippen molar-refractivity contribution in [1.82, 2.24) is 0 Å². The third-order valence-corrected chi connectivity index (χ3v) is 4.26. The molecule has 0 spiro atoms. The fourth-order valence-corrected chi connectivity index (χ4v) is 3.18. The molecule has 1 aliphatic rings. The Morgan fingerprint density at radius 2 is 1.88 bits per heavy atom. The van der Waals surface area contributed by atoms with E-state index in [9.17, 15) is 13.2 Å². The Kier molecular flexibility index (Phi) is 4.85. The van der Waals surface area contributed by atoms with Gasteiger partial charge in [0.25, 0.3) is 0 Å². The largest absolute Gasteiger partial charge is 0.573 e. The summed E-state index contributed by atoms with van der Waals surface area (Å²) >= 11 is 5.49. The molecule has 0 unspecified atom stereocenters. The van der Waals surface area contributed by atoms with Crippen molar-refractivity contribution in [2.45, 2.75) is 26.1 Å². The third-order valence-electron chi connectivity index (χ3n) is 3.94. The minimum absolute atomic E-state index is 0.261. The van der Waals surface area contributed by atoms with Gasteiger partial charge in [-0.05, 0) is 67.9 Å². The Morgan fingerprint density at radius 1 is 1.16 bits per heavy atom. The molecule has 2 aromatic carbocycles. The van der Waals surface area contributed by atoms with Crippen molar-refractivity contribution in [3.63, 3.8) is 0 Å². The lowest BCUT2D eigenvalue weighted by molar-refractivity contribution is -0.274. The minimum Gasteiger partial charge on any atom is -0.406 e. The van der Waals surface area contributed by atoms with E-state index in [1.165, 1.54) is 35.4 Å². The summed E-state index contributed by atoms with van der Waals surface area (Å²) in [5.41, 5.74) is 4.15. The maximum Gasteiger partial charge on any atom is 0.573 e. The monoisotopic (exact) mass is 366 g/mol. The molecule has 3 rings (SSSR count). The van der Waals surface area contributed by atoms with Crippen LogP contribution in [0.4, 0.5) is 24.5 Å². The zero-order chi connectivity index (χ0) is 18.0. The van der Waals surface area contributed by atoms with E-state index in [1.807, 2.05) is 11.0 Å². The molecule has 0 radical (unpaired) electrons. The second kappa shape index (κ2) is 6.92. The molecule has 3 nitrogen and oxygen atoms in total. The summed E-state index contributed by atoms with van der Waals surface area (Å²) in [6.45, 7) is 2.86. The number of hydrogen-bond donors (Lipinski definition) is 1. The Labute approximate surface area is 149 Å². The maximum atomic E-state index is 12.2. The van der Waals surface area contributed by atoms with E-state index < -0.39 is 6.36 Å². The van der Waals surface area contributed by atoms with E-state index in [1.54, 1.807) is 0 Å². The van der Waals surface area contributed by atoms with E-state index >= 15 is 0 Å². The SMILES string of the molecule is Cc1ccc2c(c1)CCCN2C(=S)Nc1ccc(OC(F)(F)F)cc1. The maximum absolute atomic E-state index is 12.2. The molecule has 0 aromatic heterocycles.